The summed E-state index contributed by atoms with van der Waals surface area (Å²) in [5, 5.41) is 0. The Labute approximate surface area is 113 Å². The highest BCUT2D eigenvalue weighted by atomic mass is 16.2. The number of amides is 2. The molecular weight excluding hydrogens is 240 g/mol. The normalized spacial score (nSPS) is 19.9. The summed E-state index contributed by atoms with van der Waals surface area (Å²) in [7, 11) is 0. The summed E-state index contributed by atoms with van der Waals surface area (Å²) in [5.41, 5.74) is 0. The van der Waals surface area contributed by atoms with Crippen LogP contribution in [-0.2, 0) is 0 Å². The van der Waals surface area contributed by atoms with Gasteiger partial charge in [-0.15, -0.1) is 0 Å². The molecule has 2 fully saturated rings. The summed E-state index contributed by atoms with van der Waals surface area (Å²) in [6.45, 7) is 5.20. The van der Waals surface area contributed by atoms with E-state index in [-0.39, 0.29) is 6.03 Å². The maximum absolute atomic E-state index is 12.3. The Morgan fingerprint density at radius 3 is 2.26 bits per heavy atom. The molecule has 5 nitrogen and oxygen atoms in total. The van der Waals surface area contributed by atoms with Crippen molar-refractivity contribution in [3.63, 3.8) is 0 Å². The first-order valence-electron chi connectivity index (χ1n) is 7.04. The van der Waals surface area contributed by atoms with Gasteiger partial charge in [0.05, 0.1) is 0 Å². The monoisotopic (exact) mass is 260 g/mol. The van der Waals surface area contributed by atoms with Crippen LogP contribution in [0.25, 0.3) is 0 Å². The molecule has 102 valence electrons. The second-order valence-corrected chi connectivity index (χ2v) is 5.14. The third-order valence-electron chi connectivity index (χ3n) is 3.90. The Balaban J connectivity index is 1.56. The highest BCUT2D eigenvalue weighted by Crippen LogP contribution is 2.15. The molecule has 0 aliphatic carbocycles. The van der Waals surface area contributed by atoms with Crippen LogP contribution in [0, 0.1) is 0 Å². The van der Waals surface area contributed by atoms with Crippen LogP contribution in [0.1, 0.15) is 12.8 Å². The number of carbonyl (C=O) groups is 1. The number of nitrogens with zero attached hydrogens (tertiary/aromatic N) is 4. The van der Waals surface area contributed by atoms with Crippen LogP contribution >= 0.6 is 0 Å². The largest absolute Gasteiger partial charge is 0.353 e. The lowest BCUT2D eigenvalue weighted by Gasteiger charge is -2.37. The van der Waals surface area contributed by atoms with Gasteiger partial charge in [0.2, 0.25) is 0 Å². The van der Waals surface area contributed by atoms with E-state index < -0.39 is 0 Å². The molecule has 3 rings (SSSR count). The van der Waals surface area contributed by atoms with Gasteiger partial charge in [-0.3, -0.25) is 0 Å². The molecular formula is C14H20N4O. The summed E-state index contributed by atoms with van der Waals surface area (Å²) >= 11 is 0. The molecule has 0 unspecified atom stereocenters. The van der Waals surface area contributed by atoms with Gasteiger partial charge in [0.15, 0.2) is 0 Å². The predicted molar refractivity (Wildman–Crippen MR) is 74.2 cm³/mol. The van der Waals surface area contributed by atoms with E-state index in [9.17, 15) is 4.79 Å². The number of piperazine rings is 1. The Morgan fingerprint density at radius 2 is 1.63 bits per heavy atom. The zero-order valence-electron chi connectivity index (χ0n) is 11.2. The number of anilines is 1. The van der Waals surface area contributed by atoms with E-state index in [1.54, 1.807) is 0 Å². The Hall–Kier alpha value is -1.78. The lowest BCUT2D eigenvalue weighted by molar-refractivity contribution is 0.159. The molecule has 2 amide bonds. The minimum absolute atomic E-state index is 0.221. The van der Waals surface area contributed by atoms with Gasteiger partial charge in [-0.1, -0.05) is 6.07 Å². The summed E-state index contributed by atoms with van der Waals surface area (Å²) in [4.78, 5) is 22.8. The van der Waals surface area contributed by atoms with Gasteiger partial charge in [-0.05, 0) is 25.0 Å². The fourth-order valence-electron chi connectivity index (χ4n) is 2.78. The van der Waals surface area contributed by atoms with Crippen molar-refractivity contribution in [1.29, 1.82) is 0 Å². The molecule has 1 aromatic rings. The van der Waals surface area contributed by atoms with Gasteiger partial charge in [0.25, 0.3) is 0 Å². The average Bonchev–Trinajstić information content (AvgIpc) is 3.02. The summed E-state index contributed by atoms with van der Waals surface area (Å²) in [6, 6.07) is 6.18. The second kappa shape index (κ2) is 5.47. The van der Waals surface area contributed by atoms with E-state index in [2.05, 4.69) is 9.88 Å². The van der Waals surface area contributed by atoms with Crippen LogP contribution in [0.3, 0.4) is 0 Å². The van der Waals surface area contributed by atoms with Crippen molar-refractivity contribution in [1.82, 2.24) is 14.8 Å². The number of urea groups is 1. The third kappa shape index (κ3) is 2.64. The van der Waals surface area contributed by atoms with Crippen molar-refractivity contribution >= 4 is 11.8 Å². The molecule has 0 atom stereocenters. The number of hydrogen-bond acceptors (Lipinski definition) is 3. The number of carbonyl (C=O) groups excluding carboxylic acids is 1. The zero-order valence-corrected chi connectivity index (χ0v) is 11.2. The lowest BCUT2D eigenvalue weighted by atomic mass is 10.3. The first kappa shape index (κ1) is 12.3. The van der Waals surface area contributed by atoms with Gasteiger partial charge in [-0.2, -0.15) is 0 Å². The zero-order chi connectivity index (χ0) is 13.1. The van der Waals surface area contributed by atoms with E-state index in [1.807, 2.05) is 34.2 Å². The molecule has 3 heterocycles. The minimum atomic E-state index is 0.221. The molecule has 0 radical (unpaired) electrons. The van der Waals surface area contributed by atoms with Gasteiger partial charge in [-0.25, -0.2) is 9.78 Å². The third-order valence-corrected chi connectivity index (χ3v) is 3.90. The highest BCUT2D eigenvalue weighted by molar-refractivity contribution is 5.75. The molecule has 0 saturated carbocycles. The van der Waals surface area contributed by atoms with Gasteiger partial charge in [0, 0.05) is 45.5 Å². The fraction of sp³-hybridized carbons (Fsp3) is 0.571. The van der Waals surface area contributed by atoms with Crippen molar-refractivity contribution in [3.8, 4) is 0 Å². The van der Waals surface area contributed by atoms with Crippen LogP contribution in [0.15, 0.2) is 24.4 Å². The van der Waals surface area contributed by atoms with Crippen LogP contribution in [0.2, 0.25) is 0 Å². The molecule has 0 spiro atoms. The van der Waals surface area contributed by atoms with Gasteiger partial charge in [0.1, 0.15) is 5.82 Å². The molecule has 2 saturated heterocycles. The van der Waals surface area contributed by atoms with Crippen LogP contribution in [0.5, 0.6) is 0 Å². The van der Waals surface area contributed by atoms with Crippen molar-refractivity contribution in [3.05, 3.63) is 24.4 Å². The molecule has 5 heteroatoms. The van der Waals surface area contributed by atoms with Crippen molar-refractivity contribution in [2.75, 3.05) is 44.2 Å². The predicted octanol–water partition coefficient (Wildman–Crippen LogP) is 1.42. The summed E-state index contributed by atoms with van der Waals surface area (Å²) in [5.74, 6) is 1.01. The van der Waals surface area contributed by atoms with Gasteiger partial charge < -0.3 is 14.7 Å². The maximum atomic E-state index is 12.3. The molecule has 0 bridgehead atoms. The molecule has 0 N–H and O–H groups in total. The topological polar surface area (TPSA) is 39.7 Å². The van der Waals surface area contributed by atoms with E-state index >= 15 is 0 Å². The Kier molecular flexibility index (Phi) is 3.53. The van der Waals surface area contributed by atoms with E-state index in [0.29, 0.717) is 0 Å². The Bertz CT molecular complexity index is 422. The van der Waals surface area contributed by atoms with Crippen LogP contribution in [0.4, 0.5) is 10.6 Å². The first-order valence-corrected chi connectivity index (χ1v) is 7.04. The van der Waals surface area contributed by atoms with E-state index in [0.717, 1.165) is 57.9 Å². The molecule has 2 aliphatic rings. The van der Waals surface area contributed by atoms with Crippen molar-refractivity contribution < 1.29 is 4.79 Å². The number of likely N-dealkylation sites (tertiary alicyclic amines) is 1. The van der Waals surface area contributed by atoms with Crippen LogP contribution in [-0.4, -0.2) is 60.1 Å². The molecule has 0 aromatic carbocycles. The standard InChI is InChI=1S/C14H20N4O/c19-14(17-7-3-4-8-17)18-11-9-16(10-12-18)13-5-1-2-6-15-13/h1-2,5-6H,3-4,7-12H2. The van der Waals surface area contributed by atoms with Crippen LogP contribution < -0.4 is 4.90 Å². The van der Waals surface area contributed by atoms with Crippen molar-refractivity contribution in [2.45, 2.75) is 12.8 Å². The molecule has 1 aromatic heterocycles. The smallest absolute Gasteiger partial charge is 0.320 e. The summed E-state index contributed by atoms with van der Waals surface area (Å²) < 4.78 is 0. The quantitative estimate of drug-likeness (QED) is 0.766. The van der Waals surface area contributed by atoms with E-state index in [1.165, 1.54) is 0 Å². The SMILES string of the molecule is O=C(N1CCCC1)N1CCN(c2ccccn2)CC1. The van der Waals surface area contributed by atoms with E-state index in [4.69, 9.17) is 0 Å². The number of pyridine rings is 1. The first-order chi connectivity index (χ1) is 9.34. The molecule has 19 heavy (non-hydrogen) atoms. The second-order valence-electron chi connectivity index (χ2n) is 5.14. The minimum Gasteiger partial charge on any atom is -0.353 e. The highest BCUT2D eigenvalue weighted by Gasteiger charge is 2.26. The Morgan fingerprint density at radius 1 is 0.947 bits per heavy atom. The maximum Gasteiger partial charge on any atom is 0.320 e. The number of hydrogen-bond donors (Lipinski definition) is 0. The lowest BCUT2D eigenvalue weighted by Crippen LogP contribution is -2.52. The summed E-state index contributed by atoms with van der Waals surface area (Å²) in [6.07, 6.45) is 4.12. The molecule has 2 aliphatic heterocycles. The van der Waals surface area contributed by atoms with Crippen molar-refractivity contribution in [2.24, 2.45) is 0 Å². The van der Waals surface area contributed by atoms with Gasteiger partial charge >= 0.3 is 6.03 Å². The fourth-order valence-corrected chi connectivity index (χ4v) is 2.78. The number of aromatic nitrogens is 1. The average molecular weight is 260 g/mol. The number of rotatable bonds is 1.